The van der Waals surface area contributed by atoms with Gasteiger partial charge in [0.2, 0.25) is 0 Å². The van der Waals surface area contributed by atoms with Gasteiger partial charge in [-0.1, -0.05) is 0 Å². The molecule has 0 aromatic carbocycles. The number of fused-ring (bicyclic) bond motifs is 1. The van der Waals surface area contributed by atoms with Crippen LogP contribution in [0.5, 0.6) is 0 Å². The normalized spacial score (nSPS) is 12.2. The second-order valence-electron chi connectivity index (χ2n) is 6.69. The minimum atomic E-state index is -2.60. The third-order valence-corrected chi connectivity index (χ3v) is 21.3. The molecule has 4 heteroatoms. The Bertz CT molecular complexity index is 589. The molecule has 2 aromatic heterocycles. The van der Waals surface area contributed by atoms with E-state index in [1.54, 1.807) is 0 Å². The molecule has 0 saturated carbocycles. The zero-order valence-electron chi connectivity index (χ0n) is 14.8. The Morgan fingerprint density at radius 3 is 2.09 bits per heavy atom. The second kappa shape index (κ2) is 9.31. The molecule has 2 aromatic rings. The van der Waals surface area contributed by atoms with Crippen LogP contribution in [0.4, 0.5) is 0 Å². The fourth-order valence-electron chi connectivity index (χ4n) is 3.66. The van der Waals surface area contributed by atoms with Crippen molar-refractivity contribution in [3.05, 3.63) is 23.5 Å². The molecule has 0 amide bonds. The van der Waals surface area contributed by atoms with Crippen molar-refractivity contribution in [1.29, 1.82) is 0 Å². The van der Waals surface area contributed by atoms with Crippen LogP contribution < -0.4 is 3.58 Å². The Morgan fingerprint density at radius 2 is 1.57 bits per heavy atom. The Morgan fingerprint density at radius 1 is 1.00 bits per heavy atom. The van der Waals surface area contributed by atoms with Gasteiger partial charge in [-0.3, -0.25) is 0 Å². The van der Waals surface area contributed by atoms with E-state index < -0.39 is 18.4 Å². The fraction of sp³-hybridized carbons (Fsp3) is 0.632. The molecule has 0 aliphatic heterocycles. The molecular weight excluding hydrogens is 412 g/mol. The summed E-state index contributed by atoms with van der Waals surface area (Å²) in [5, 5.41) is 0.651. The molecule has 128 valence electrons. The Hall–Kier alpha value is -0.221. The van der Waals surface area contributed by atoms with Gasteiger partial charge in [-0.25, -0.2) is 0 Å². The Balaban J connectivity index is 2.53. The van der Waals surface area contributed by atoms with Crippen LogP contribution in [0.3, 0.4) is 0 Å². The zero-order chi connectivity index (χ0) is 16.7. The maximum absolute atomic E-state index is 6.63. The summed E-state index contributed by atoms with van der Waals surface area (Å²) in [6.45, 7) is 6.89. The molecule has 23 heavy (non-hydrogen) atoms. The summed E-state index contributed by atoms with van der Waals surface area (Å²) in [6, 6.07) is 3.95. The van der Waals surface area contributed by atoms with Crippen LogP contribution in [0.15, 0.2) is 22.7 Å². The van der Waals surface area contributed by atoms with E-state index in [9.17, 15) is 0 Å². The van der Waals surface area contributed by atoms with Gasteiger partial charge in [0.1, 0.15) is 0 Å². The molecule has 0 saturated heterocycles. The summed E-state index contributed by atoms with van der Waals surface area (Å²) >= 11 is 4.04. The van der Waals surface area contributed by atoms with E-state index in [2.05, 4.69) is 25.8 Å². The van der Waals surface area contributed by atoms with Crippen molar-refractivity contribution in [2.24, 2.45) is 0 Å². The third-order valence-electron chi connectivity index (χ3n) is 4.96. The molecule has 0 radical (unpaired) electrons. The number of hydrogen-bond donors (Lipinski definition) is 0. The molecule has 2 nitrogen and oxygen atoms in total. The molecule has 0 atom stereocenters. The van der Waals surface area contributed by atoms with Crippen molar-refractivity contribution in [3.8, 4) is 0 Å². The number of halogens is 1. The van der Waals surface area contributed by atoms with Gasteiger partial charge in [-0.2, -0.15) is 0 Å². The van der Waals surface area contributed by atoms with Crippen LogP contribution >= 0.6 is 11.6 Å². The van der Waals surface area contributed by atoms with E-state index in [1.165, 1.54) is 55.4 Å². The van der Waals surface area contributed by atoms with Crippen molar-refractivity contribution in [1.82, 2.24) is 4.98 Å². The van der Waals surface area contributed by atoms with E-state index in [1.807, 2.05) is 18.3 Å². The van der Waals surface area contributed by atoms with E-state index in [0.29, 0.717) is 5.22 Å². The SMILES string of the molecule is CCC[CH2][Sn]([CH2]CCC)([CH2]CCC)[c]1c(Cl)oc2cccnc12. The number of rotatable bonds is 10. The Labute approximate surface area is 149 Å². The van der Waals surface area contributed by atoms with E-state index in [4.69, 9.17) is 16.0 Å². The number of furan rings is 1. The number of unbranched alkanes of at least 4 members (excludes halogenated alkanes) is 3. The van der Waals surface area contributed by atoms with Gasteiger partial charge in [0.05, 0.1) is 0 Å². The first-order chi connectivity index (χ1) is 11.2. The molecule has 0 aliphatic carbocycles. The van der Waals surface area contributed by atoms with Crippen molar-refractivity contribution < 1.29 is 4.42 Å². The summed E-state index contributed by atoms with van der Waals surface area (Å²) in [5.74, 6) is 0. The molecule has 0 spiro atoms. The second-order valence-corrected chi connectivity index (χ2v) is 20.1. The van der Waals surface area contributed by atoms with Crippen LogP contribution in [0.25, 0.3) is 11.1 Å². The first kappa shape index (κ1) is 19.1. The summed E-state index contributed by atoms with van der Waals surface area (Å²) in [6.07, 6.45) is 9.62. The molecule has 2 heterocycles. The van der Waals surface area contributed by atoms with Crippen LogP contribution in [-0.2, 0) is 0 Å². The van der Waals surface area contributed by atoms with Gasteiger partial charge in [-0.15, -0.1) is 0 Å². The topological polar surface area (TPSA) is 26.0 Å². The predicted molar refractivity (Wildman–Crippen MR) is 104 cm³/mol. The minimum absolute atomic E-state index is 0.651. The molecule has 0 aliphatic rings. The number of nitrogens with zero attached hydrogens (tertiary/aromatic N) is 1. The standard InChI is InChI=1S/C7H3ClNO.3C4H9.Sn/c8-7-4-5-6(10-7)2-1-3-9-5;3*1-3-4-2;/h1-3H;3*1,3-4H2,2H3;. The monoisotopic (exact) mass is 443 g/mol. The van der Waals surface area contributed by atoms with Crippen LogP contribution in [0, 0.1) is 0 Å². The molecule has 0 fully saturated rings. The van der Waals surface area contributed by atoms with Crippen molar-refractivity contribution in [2.45, 2.75) is 72.6 Å². The number of hydrogen-bond acceptors (Lipinski definition) is 2. The Kier molecular flexibility index (Phi) is 7.74. The fourth-order valence-corrected chi connectivity index (χ4v) is 21.6. The van der Waals surface area contributed by atoms with Gasteiger partial charge in [0.15, 0.2) is 0 Å². The van der Waals surface area contributed by atoms with Crippen LogP contribution in [0.2, 0.25) is 18.5 Å². The zero-order valence-corrected chi connectivity index (χ0v) is 18.4. The molecule has 2 rings (SSSR count). The maximum atomic E-state index is 6.63. The summed E-state index contributed by atoms with van der Waals surface area (Å²) < 4.78 is 11.4. The van der Waals surface area contributed by atoms with Gasteiger partial charge in [-0.05, 0) is 0 Å². The third kappa shape index (κ3) is 4.45. The van der Waals surface area contributed by atoms with E-state index in [-0.39, 0.29) is 0 Å². The van der Waals surface area contributed by atoms with Gasteiger partial charge < -0.3 is 0 Å². The predicted octanol–water partition coefficient (Wildman–Crippen LogP) is 6.54. The molecule has 0 unspecified atom stereocenters. The van der Waals surface area contributed by atoms with Gasteiger partial charge in [0, 0.05) is 0 Å². The summed E-state index contributed by atoms with van der Waals surface area (Å²) in [7, 11) is 0. The average Bonchev–Trinajstić information content (AvgIpc) is 2.91. The molecule has 0 N–H and O–H groups in total. The molecular formula is C19H30ClNOSn. The molecule has 0 bridgehead atoms. The summed E-state index contributed by atoms with van der Waals surface area (Å²) in [5.41, 5.74) is 1.94. The first-order valence-electron chi connectivity index (χ1n) is 9.22. The van der Waals surface area contributed by atoms with Crippen molar-refractivity contribution >= 4 is 44.7 Å². The number of pyridine rings is 1. The number of aromatic nitrogens is 1. The van der Waals surface area contributed by atoms with Crippen LogP contribution in [0.1, 0.15) is 59.3 Å². The van der Waals surface area contributed by atoms with E-state index in [0.717, 1.165) is 11.1 Å². The van der Waals surface area contributed by atoms with Crippen molar-refractivity contribution in [3.63, 3.8) is 0 Å². The first-order valence-corrected chi connectivity index (χ1v) is 17.1. The van der Waals surface area contributed by atoms with Gasteiger partial charge in [0.25, 0.3) is 0 Å². The van der Waals surface area contributed by atoms with E-state index >= 15 is 0 Å². The quantitative estimate of drug-likeness (QED) is 0.391. The summed E-state index contributed by atoms with van der Waals surface area (Å²) in [4.78, 5) is 4.67. The average molecular weight is 443 g/mol. The van der Waals surface area contributed by atoms with Crippen molar-refractivity contribution in [2.75, 3.05) is 0 Å². The van der Waals surface area contributed by atoms with Crippen LogP contribution in [-0.4, -0.2) is 23.4 Å². The van der Waals surface area contributed by atoms with Gasteiger partial charge >= 0.3 is 150 Å².